The molecule has 3 heterocycles. The van der Waals surface area contributed by atoms with Crippen LogP contribution in [-0.4, -0.2) is 57.0 Å². The van der Waals surface area contributed by atoms with E-state index in [1.165, 1.54) is 23.6 Å². The van der Waals surface area contributed by atoms with Gasteiger partial charge in [-0.2, -0.15) is 4.68 Å². The van der Waals surface area contributed by atoms with Crippen molar-refractivity contribution < 1.29 is 14.3 Å². The highest BCUT2D eigenvalue weighted by molar-refractivity contribution is 8.00. The van der Waals surface area contributed by atoms with Crippen molar-refractivity contribution in [2.45, 2.75) is 36.2 Å². The lowest BCUT2D eigenvalue weighted by molar-refractivity contribution is -0.147. The SMILES string of the molecule is COC(=O)C1CCN(C(c2ccccc2Cl)C2Sc3nc(C)nn3C2=O)CC1. The number of likely N-dealkylation sites (tertiary alicyclic amines) is 1. The van der Waals surface area contributed by atoms with Gasteiger partial charge in [0.05, 0.1) is 19.1 Å². The predicted molar refractivity (Wildman–Crippen MR) is 106 cm³/mol. The molecule has 1 aromatic carbocycles. The molecule has 1 aromatic heterocycles. The van der Waals surface area contributed by atoms with Gasteiger partial charge in [-0.15, -0.1) is 5.10 Å². The third-order valence-electron chi connectivity index (χ3n) is 5.34. The van der Waals surface area contributed by atoms with E-state index in [1.54, 1.807) is 6.92 Å². The topological polar surface area (TPSA) is 77.3 Å². The number of carbonyl (C=O) groups is 2. The fourth-order valence-corrected chi connectivity index (χ4v) is 5.48. The van der Waals surface area contributed by atoms with Gasteiger partial charge in [0.1, 0.15) is 11.1 Å². The molecule has 4 rings (SSSR count). The number of aromatic nitrogens is 3. The second-order valence-corrected chi connectivity index (χ2v) is 8.55. The number of benzene rings is 1. The Morgan fingerprint density at radius 1 is 1.32 bits per heavy atom. The zero-order valence-corrected chi connectivity index (χ0v) is 17.2. The van der Waals surface area contributed by atoms with Crippen LogP contribution in [0, 0.1) is 12.8 Å². The number of carbonyl (C=O) groups excluding carboxylic acids is 2. The molecule has 0 spiro atoms. The quantitative estimate of drug-likeness (QED) is 0.703. The van der Waals surface area contributed by atoms with Gasteiger partial charge in [0.2, 0.25) is 0 Å². The monoisotopic (exact) mass is 420 g/mol. The van der Waals surface area contributed by atoms with Gasteiger partial charge in [0.15, 0.2) is 5.16 Å². The van der Waals surface area contributed by atoms with Crippen molar-refractivity contribution in [2.24, 2.45) is 5.92 Å². The van der Waals surface area contributed by atoms with Gasteiger partial charge in [-0.25, -0.2) is 4.98 Å². The summed E-state index contributed by atoms with van der Waals surface area (Å²) < 4.78 is 6.29. The maximum Gasteiger partial charge on any atom is 0.308 e. The van der Waals surface area contributed by atoms with E-state index < -0.39 is 0 Å². The Labute approximate surface area is 172 Å². The number of fused-ring (bicyclic) bond motifs is 1. The van der Waals surface area contributed by atoms with E-state index in [0.29, 0.717) is 41.9 Å². The summed E-state index contributed by atoms with van der Waals surface area (Å²) in [6.45, 7) is 3.15. The van der Waals surface area contributed by atoms with Crippen LogP contribution in [-0.2, 0) is 9.53 Å². The van der Waals surface area contributed by atoms with Crippen LogP contribution in [0.2, 0.25) is 5.02 Å². The summed E-state index contributed by atoms with van der Waals surface area (Å²) in [6, 6.07) is 7.41. The Hall–Kier alpha value is -1.90. The number of halogens is 1. The standard InChI is InChI=1S/C19H21ClN4O3S/c1-11-21-19-24(22-11)17(25)16(28-19)15(13-5-3-4-6-14(13)20)23-9-7-12(8-10-23)18(26)27-2/h3-6,12,15-16H,7-10H2,1-2H3. The van der Waals surface area contributed by atoms with Crippen LogP contribution >= 0.6 is 23.4 Å². The van der Waals surface area contributed by atoms with E-state index >= 15 is 0 Å². The summed E-state index contributed by atoms with van der Waals surface area (Å²) in [5.74, 6) is 0.239. The van der Waals surface area contributed by atoms with Crippen molar-refractivity contribution in [1.29, 1.82) is 0 Å². The van der Waals surface area contributed by atoms with E-state index in [1.807, 2.05) is 24.3 Å². The average Bonchev–Trinajstić information content (AvgIpc) is 3.21. The van der Waals surface area contributed by atoms with Crippen molar-refractivity contribution in [3.63, 3.8) is 0 Å². The van der Waals surface area contributed by atoms with Gasteiger partial charge in [0.25, 0.3) is 5.91 Å². The molecule has 0 bridgehead atoms. The third kappa shape index (κ3) is 3.44. The van der Waals surface area contributed by atoms with Gasteiger partial charge in [-0.1, -0.05) is 41.6 Å². The Balaban J connectivity index is 1.63. The lowest BCUT2D eigenvalue weighted by atomic mass is 9.93. The molecule has 2 aromatic rings. The van der Waals surface area contributed by atoms with E-state index in [-0.39, 0.29) is 29.1 Å². The van der Waals surface area contributed by atoms with Gasteiger partial charge in [-0.05, 0) is 44.5 Å². The first-order valence-electron chi connectivity index (χ1n) is 9.20. The number of ether oxygens (including phenoxy) is 1. The van der Waals surface area contributed by atoms with Crippen LogP contribution in [0.4, 0.5) is 0 Å². The summed E-state index contributed by atoms with van der Waals surface area (Å²) in [6.07, 6.45) is 1.39. The van der Waals surface area contributed by atoms with E-state index in [4.69, 9.17) is 16.3 Å². The Morgan fingerprint density at radius 3 is 2.68 bits per heavy atom. The molecule has 28 heavy (non-hydrogen) atoms. The molecule has 2 aliphatic heterocycles. The molecule has 2 aliphatic rings. The molecule has 1 saturated heterocycles. The number of nitrogens with zero attached hydrogens (tertiary/aromatic N) is 4. The minimum Gasteiger partial charge on any atom is -0.469 e. The maximum atomic E-state index is 13.1. The van der Waals surface area contributed by atoms with Crippen LogP contribution in [0.25, 0.3) is 0 Å². The largest absolute Gasteiger partial charge is 0.469 e. The molecule has 0 radical (unpaired) electrons. The van der Waals surface area contributed by atoms with Crippen molar-refractivity contribution in [1.82, 2.24) is 19.7 Å². The predicted octanol–water partition coefficient (Wildman–Crippen LogP) is 2.98. The van der Waals surface area contributed by atoms with Gasteiger partial charge in [-0.3, -0.25) is 14.5 Å². The summed E-state index contributed by atoms with van der Waals surface area (Å²) >= 11 is 7.95. The summed E-state index contributed by atoms with van der Waals surface area (Å²) in [7, 11) is 1.42. The van der Waals surface area contributed by atoms with E-state index in [9.17, 15) is 9.59 Å². The molecule has 9 heteroatoms. The van der Waals surface area contributed by atoms with Crippen molar-refractivity contribution in [3.8, 4) is 0 Å². The average molecular weight is 421 g/mol. The van der Waals surface area contributed by atoms with E-state index in [2.05, 4.69) is 15.0 Å². The fourth-order valence-electron chi connectivity index (χ4n) is 3.95. The van der Waals surface area contributed by atoms with Crippen LogP contribution in [0.1, 0.15) is 35.1 Å². The molecule has 2 unspecified atom stereocenters. The summed E-state index contributed by atoms with van der Waals surface area (Å²) in [5, 5.41) is 5.10. The van der Waals surface area contributed by atoms with Crippen LogP contribution < -0.4 is 0 Å². The highest BCUT2D eigenvalue weighted by Crippen LogP contribution is 2.43. The molecule has 7 nitrogen and oxygen atoms in total. The molecule has 0 amide bonds. The first-order valence-corrected chi connectivity index (χ1v) is 10.5. The van der Waals surface area contributed by atoms with Gasteiger partial charge in [0, 0.05) is 5.02 Å². The molecular formula is C19H21ClN4O3S. The number of rotatable bonds is 4. The number of esters is 1. The highest BCUT2D eigenvalue weighted by Gasteiger charge is 2.44. The minimum absolute atomic E-state index is 0.0828. The van der Waals surface area contributed by atoms with Crippen LogP contribution in [0.15, 0.2) is 29.4 Å². The number of hydrogen-bond donors (Lipinski definition) is 0. The molecule has 0 saturated carbocycles. The lowest BCUT2D eigenvalue weighted by Crippen LogP contribution is -2.44. The number of thioether (sulfide) groups is 1. The molecule has 1 fully saturated rings. The Bertz CT molecular complexity index is 910. The van der Waals surface area contributed by atoms with Crippen molar-refractivity contribution in [3.05, 3.63) is 40.7 Å². The van der Waals surface area contributed by atoms with Crippen molar-refractivity contribution >= 4 is 35.2 Å². The molecule has 2 atom stereocenters. The van der Waals surface area contributed by atoms with Crippen molar-refractivity contribution in [2.75, 3.05) is 20.2 Å². The second kappa shape index (κ2) is 7.85. The van der Waals surface area contributed by atoms with Gasteiger partial charge < -0.3 is 4.74 Å². The number of hydrogen-bond acceptors (Lipinski definition) is 7. The first kappa shape index (κ1) is 19.4. The summed E-state index contributed by atoms with van der Waals surface area (Å²) in [4.78, 5) is 31.6. The fraction of sp³-hybridized carbons (Fsp3) is 0.474. The maximum absolute atomic E-state index is 13.1. The highest BCUT2D eigenvalue weighted by atomic mass is 35.5. The zero-order chi connectivity index (χ0) is 19.8. The minimum atomic E-state index is -0.384. The molecular weight excluding hydrogens is 400 g/mol. The van der Waals surface area contributed by atoms with Crippen LogP contribution in [0.5, 0.6) is 0 Å². The number of piperidine rings is 1. The normalized spacial score (nSPS) is 21.5. The molecule has 0 aliphatic carbocycles. The number of methoxy groups -OCH3 is 1. The van der Waals surface area contributed by atoms with E-state index in [0.717, 1.165) is 5.56 Å². The first-order chi connectivity index (χ1) is 13.5. The summed E-state index contributed by atoms with van der Waals surface area (Å²) in [5.41, 5.74) is 0.911. The van der Waals surface area contributed by atoms with Gasteiger partial charge >= 0.3 is 5.97 Å². The Kier molecular flexibility index (Phi) is 5.44. The Morgan fingerprint density at radius 2 is 2.04 bits per heavy atom. The zero-order valence-electron chi connectivity index (χ0n) is 15.7. The smallest absolute Gasteiger partial charge is 0.308 e. The third-order valence-corrected chi connectivity index (χ3v) is 6.87. The second-order valence-electron chi connectivity index (χ2n) is 7.03. The van der Waals surface area contributed by atoms with Crippen LogP contribution in [0.3, 0.4) is 0 Å². The molecule has 148 valence electrons. The lowest BCUT2D eigenvalue weighted by Gasteiger charge is -2.39. The molecule has 0 N–H and O–H groups in total. The number of aryl methyl sites for hydroxylation is 1.